The lowest BCUT2D eigenvalue weighted by atomic mass is 9.87. The van der Waals surface area contributed by atoms with Gasteiger partial charge in [0.2, 0.25) is 11.7 Å². The number of amides is 1. The molecule has 0 aliphatic carbocycles. The van der Waals surface area contributed by atoms with Gasteiger partial charge in [-0.15, -0.1) is 0 Å². The average Bonchev–Trinajstić information content (AvgIpc) is 3.29. The summed E-state index contributed by atoms with van der Waals surface area (Å²) >= 11 is 0. The van der Waals surface area contributed by atoms with Gasteiger partial charge in [0.25, 0.3) is 0 Å². The number of hydrogen-bond acceptors (Lipinski definition) is 7. The van der Waals surface area contributed by atoms with Crippen LogP contribution in [0.5, 0.6) is 23.0 Å². The second-order valence-electron chi connectivity index (χ2n) is 7.95. The number of carbonyl (C=O) groups is 1. The van der Waals surface area contributed by atoms with Crippen LogP contribution < -0.4 is 25.2 Å². The highest BCUT2D eigenvalue weighted by Gasteiger charge is 2.30. The van der Waals surface area contributed by atoms with E-state index in [4.69, 9.17) is 18.6 Å². The molecule has 9 heteroatoms. The lowest BCUT2D eigenvalue weighted by Gasteiger charge is -2.22. The number of aryl methyl sites for hydroxylation is 1. The van der Waals surface area contributed by atoms with E-state index in [9.17, 15) is 14.7 Å². The van der Waals surface area contributed by atoms with Crippen molar-refractivity contribution in [2.75, 3.05) is 26.6 Å². The Morgan fingerprint density at radius 1 is 1.06 bits per heavy atom. The number of aromatic amines is 1. The molecule has 0 aliphatic heterocycles. The number of aromatic hydroxyl groups is 1. The molecule has 2 aromatic heterocycles. The fraction of sp³-hybridized carbons (Fsp3) is 0.231. The van der Waals surface area contributed by atoms with E-state index < -0.39 is 11.5 Å². The molecule has 35 heavy (non-hydrogen) atoms. The molecule has 182 valence electrons. The van der Waals surface area contributed by atoms with Gasteiger partial charge in [-0.05, 0) is 36.6 Å². The third-order valence-electron chi connectivity index (χ3n) is 5.78. The molecule has 3 N–H and O–H groups in total. The SMILES string of the molecule is COc1ccc(C(CC(=O)Nc2ccc3cc[nH]c3c2)c2c(O)cc(C)oc2=O)c(OC)c1OC. The molecule has 2 aromatic carbocycles. The van der Waals surface area contributed by atoms with Crippen LogP contribution in [-0.4, -0.2) is 37.3 Å². The van der Waals surface area contributed by atoms with Crippen LogP contribution in [0, 0.1) is 6.92 Å². The zero-order valence-corrected chi connectivity index (χ0v) is 19.8. The molecule has 0 spiro atoms. The smallest absolute Gasteiger partial charge is 0.343 e. The summed E-state index contributed by atoms with van der Waals surface area (Å²) in [6.07, 6.45) is 1.63. The van der Waals surface area contributed by atoms with Crippen molar-refractivity contribution >= 4 is 22.5 Å². The predicted molar refractivity (Wildman–Crippen MR) is 131 cm³/mol. The minimum absolute atomic E-state index is 0.0592. The summed E-state index contributed by atoms with van der Waals surface area (Å²) in [6.45, 7) is 1.56. The summed E-state index contributed by atoms with van der Waals surface area (Å²) < 4.78 is 21.7. The number of methoxy groups -OCH3 is 3. The first kappa shape index (κ1) is 23.7. The fourth-order valence-electron chi connectivity index (χ4n) is 4.22. The monoisotopic (exact) mass is 478 g/mol. The van der Waals surface area contributed by atoms with Crippen molar-refractivity contribution in [1.29, 1.82) is 0 Å². The topological polar surface area (TPSA) is 123 Å². The molecule has 1 amide bonds. The van der Waals surface area contributed by atoms with Crippen molar-refractivity contribution in [2.45, 2.75) is 19.3 Å². The van der Waals surface area contributed by atoms with Gasteiger partial charge in [-0.25, -0.2) is 4.79 Å². The Bertz CT molecular complexity index is 1440. The van der Waals surface area contributed by atoms with Crippen molar-refractivity contribution in [3.8, 4) is 23.0 Å². The highest BCUT2D eigenvalue weighted by atomic mass is 16.5. The second kappa shape index (κ2) is 9.84. The van der Waals surface area contributed by atoms with Gasteiger partial charge in [-0.3, -0.25) is 4.79 Å². The molecule has 1 atom stereocenters. The van der Waals surface area contributed by atoms with Crippen LogP contribution in [-0.2, 0) is 4.79 Å². The van der Waals surface area contributed by atoms with E-state index >= 15 is 0 Å². The molecule has 4 rings (SSSR count). The van der Waals surface area contributed by atoms with E-state index in [1.165, 1.54) is 27.4 Å². The minimum atomic E-state index is -0.907. The van der Waals surface area contributed by atoms with Gasteiger partial charge in [-0.2, -0.15) is 0 Å². The molecule has 0 saturated heterocycles. The van der Waals surface area contributed by atoms with Crippen molar-refractivity contribution in [3.05, 3.63) is 76.0 Å². The maximum absolute atomic E-state index is 13.2. The van der Waals surface area contributed by atoms with Gasteiger partial charge in [0, 0.05) is 41.4 Å². The quantitative estimate of drug-likeness (QED) is 0.345. The second-order valence-corrected chi connectivity index (χ2v) is 7.95. The van der Waals surface area contributed by atoms with E-state index in [0.717, 1.165) is 10.9 Å². The van der Waals surface area contributed by atoms with Crippen LogP contribution in [0.2, 0.25) is 0 Å². The van der Waals surface area contributed by atoms with Gasteiger partial charge in [-0.1, -0.05) is 12.1 Å². The standard InChI is InChI=1S/C26H26N2O7/c1-14-11-20(29)23(26(31)35-14)18(17-7-8-21(32-2)25(34-4)24(17)33-3)13-22(30)28-16-6-5-15-9-10-27-19(15)12-16/h5-12,18,27,29H,13H2,1-4H3,(H,28,30). The predicted octanol–water partition coefficient (Wildman–Crippen LogP) is 4.32. The van der Waals surface area contributed by atoms with Crippen molar-refractivity contribution < 1.29 is 28.5 Å². The van der Waals surface area contributed by atoms with E-state index in [0.29, 0.717) is 22.7 Å². The van der Waals surface area contributed by atoms with Crippen molar-refractivity contribution in [2.24, 2.45) is 0 Å². The number of nitrogens with one attached hydrogen (secondary N) is 2. The maximum Gasteiger partial charge on any atom is 0.343 e. The zero-order chi connectivity index (χ0) is 25.1. The molecule has 0 bridgehead atoms. The van der Waals surface area contributed by atoms with E-state index in [2.05, 4.69) is 10.3 Å². The molecule has 9 nitrogen and oxygen atoms in total. The first-order valence-corrected chi connectivity index (χ1v) is 10.9. The van der Waals surface area contributed by atoms with Crippen LogP contribution in [0.1, 0.15) is 29.2 Å². The summed E-state index contributed by atoms with van der Waals surface area (Å²) in [7, 11) is 4.39. The molecule has 2 heterocycles. The third-order valence-corrected chi connectivity index (χ3v) is 5.78. The number of hydrogen-bond donors (Lipinski definition) is 3. The van der Waals surface area contributed by atoms with Gasteiger partial charge in [0.05, 0.1) is 26.9 Å². The van der Waals surface area contributed by atoms with Crippen LogP contribution in [0.15, 0.2) is 57.9 Å². The number of aromatic nitrogens is 1. The first-order valence-electron chi connectivity index (χ1n) is 10.9. The molecule has 0 saturated carbocycles. The van der Waals surface area contributed by atoms with Crippen LogP contribution in [0.25, 0.3) is 10.9 Å². The largest absolute Gasteiger partial charge is 0.507 e. The summed E-state index contributed by atoms with van der Waals surface area (Å²) in [4.78, 5) is 29.1. The van der Waals surface area contributed by atoms with Gasteiger partial charge in [0.15, 0.2) is 11.5 Å². The number of fused-ring (bicyclic) bond motifs is 1. The molecular formula is C26H26N2O7. The molecular weight excluding hydrogens is 452 g/mol. The number of anilines is 1. The summed E-state index contributed by atoms with van der Waals surface area (Å²) in [6, 6.07) is 12.1. The Labute approximate surface area is 201 Å². The van der Waals surface area contributed by atoms with Crippen molar-refractivity contribution in [3.63, 3.8) is 0 Å². The molecule has 4 aromatic rings. The average molecular weight is 479 g/mol. The third kappa shape index (κ3) is 4.65. The molecule has 0 fully saturated rings. The van der Waals surface area contributed by atoms with Gasteiger partial charge in [0.1, 0.15) is 11.5 Å². The van der Waals surface area contributed by atoms with E-state index in [1.807, 2.05) is 24.4 Å². The minimum Gasteiger partial charge on any atom is -0.507 e. The molecule has 1 unspecified atom stereocenters. The highest BCUT2D eigenvalue weighted by molar-refractivity contribution is 5.94. The van der Waals surface area contributed by atoms with Crippen LogP contribution >= 0.6 is 0 Å². The summed E-state index contributed by atoms with van der Waals surface area (Å²) in [5, 5.41) is 14.6. The maximum atomic E-state index is 13.2. The number of benzene rings is 2. The fourth-order valence-corrected chi connectivity index (χ4v) is 4.22. The number of ether oxygens (including phenoxy) is 3. The zero-order valence-electron chi connectivity index (χ0n) is 19.8. The Hall–Kier alpha value is -4.40. The normalized spacial score (nSPS) is 11.8. The van der Waals surface area contributed by atoms with Gasteiger partial charge >= 0.3 is 5.63 Å². The number of rotatable bonds is 8. The van der Waals surface area contributed by atoms with E-state index in [-0.39, 0.29) is 35.2 Å². The Balaban J connectivity index is 1.78. The van der Waals surface area contributed by atoms with E-state index in [1.54, 1.807) is 25.1 Å². The Morgan fingerprint density at radius 3 is 2.51 bits per heavy atom. The Kier molecular flexibility index (Phi) is 6.68. The first-order chi connectivity index (χ1) is 16.9. The summed E-state index contributed by atoms with van der Waals surface area (Å²) in [5.41, 5.74) is 1.11. The lowest BCUT2D eigenvalue weighted by Crippen LogP contribution is -2.21. The van der Waals surface area contributed by atoms with Crippen LogP contribution in [0.4, 0.5) is 5.69 Å². The number of carbonyl (C=O) groups excluding carboxylic acids is 1. The number of H-pyrrole nitrogens is 1. The summed E-state index contributed by atoms with van der Waals surface area (Å²) in [5.74, 6) is -0.328. The lowest BCUT2D eigenvalue weighted by molar-refractivity contribution is -0.116. The Morgan fingerprint density at radius 2 is 1.83 bits per heavy atom. The molecule has 0 aliphatic rings. The van der Waals surface area contributed by atoms with Crippen molar-refractivity contribution in [1.82, 2.24) is 4.98 Å². The van der Waals surface area contributed by atoms with Gasteiger partial charge < -0.3 is 34.0 Å². The van der Waals surface area contributed by atoms with Crippen LogP contribution in [0.3, 0.4) is 0 Å². The molecule has 0 radical (unpaired) electrons. The highest BCUT2D eigenvalue weighted by Crippen LogP contribution is 2.46.